The minimum Gasteiger partial charge on any atom is -0.475 e. The molecule has 0 spiro atoms. The van der Waals surface area contributed by atoms with Gasteiger partial charge in [-0.1, -0.05) is 24.3 Å². The third-order valence-corrected chi connectivity index (χ3v) is 6.10. The molecule has 0 amide bonds. The number of aromatic nitrogens is 2. The fraction of sp³-hybridized carbons (Fsp3) is 0.476. The second kappa shape index (κ2) is 8.22. The number of hydrogen-bond donors (Lipinski definition) is 1. The first kappa shape index (κ1) is 20.6. The van der Waals surface area contributed by atoms with Crippen molar-refractivity contribution in [3.05, 3.63) is 53.9 Å². The minimum atomic E-state index is -5.08. The first-order valence-electron chi connectivity index (χ1n) is 10.0. The Balaban J connectivity index is 0.000000272. The summed E-state index contributed by atoms with van der Waals surface area (Å²) in [4.78, 5) is 22.9. The molecule has 3 aliphatic rings. The van der Waals surface area contributed by atoms with Crippen LogP contribution in [0.3, 0.4) is 0 Å². The highest BCUT2D eigenvalue weighted by Gasteiger charge is 2.48. The molecule has 1 aromatic heterocycles. The van der Waals surface area contributed by atoms with Gasteiger partial charge >= 0.3 is 12.1 Å². The van der Waals surface area contributed by atoms with Crippen LogP contribution in [0.25, 0.3) is 0 Å². The first-order valence-corrected chi connectivity index (χ1v) is 10.0. The van der Waals surface area contributed by atoms with Crippen molar-refractivity contribution in [3.63, 3.8) is 0 Å². The molecular formula is C21H23F3N4O2. The van der Waals surface area contributed by atoms with Crippen LogP contribution in [0.2, 0.25) is 0 Å². The van der Waals surface area contributed by atoms with Crippen LogP contribution >= 0.6 is 0 Å². The van der Waals surface area contributed by atoms with Crippen molar-refractivity contribution in [1.29, 1.82) is 0 Å². The molecular weight excluding hydrogens is 397 g/mol. The molecule has 9 heteroatoms. The molecule has 2 saturated heterocycles. The molecule has 0 unspecified atom stereocenters. The second-order valence-electron chi connectivity index (χ2n) is 7.84. The van der Waals surface area contributed by atoms with E-state index in [1.807, 2.05) is 18.5 Å². The number of alkyl halides is 3. The summed E-state index contributed by atoms with van der Waals surface area (Å²) in [6, 6.07) is 11.6. The van der Waals surface area contributed by atoms with Crippen molar-refractivity contribution < 1.29 is 23.1 Å². The van der Waals surface area contributed by atoms with Gasteiger partial charge in [0.05, 0.1) is 0 Å². The number of benzene rings is 1. The summed E-state index contributed by atoms with van der Waals surface area (Å²) < 4.78 is 31.7. The molecule has 0 radical (unpaired) electrons. The standard InChI is InChI=1S/C19H22N4.C2HF3O2/c1-2-7-15-14(6-1)16-12-23(19-20-8-5-9-21-19)13-17(16)18(15)22-10-3-4-11-22;3-2(4,5)1(6)7/h1-2,5-9,16-18H,3-4,10-13H2;(H,6,7)/t16-,17-,18-;/m0./s1. The zero-order valence-electron chi connectivity index (χ0n) is 16.3. The van der Waals surface area contributed by atoms with Crippen LogP contribution in [0.15, 0.2) is 42.7 Å². The minimum absolute atomic E-state index is 0.590. The number of rotatable bonds is 2. The monoisotopic (exact) mass is 420 g/mol. The van der Waals surface area contributed by atoms with E-state index in [9.17, 15) is 13.2 Å². The van der Waals surface area contributed by atoms with E-state index >= 15 is 0 Å². The molecule has 0 saturated carbocycles. The summed E-state index contributed by atoms with van der Waals surface area (Å²) in [6.45, 7) is 4.63. The lowest BCUT2D eigenvalue weighted by Gasteiger charge is -2.30. The van der Waals surface area contributed by atoms with E-state index in [0.717, 1.165) is 19.0 Å². The van der Waals surface area contributed by atoms with Gasteiger partial charge in [-0.3, -0.25) is 4.90 Å². The van der Waals surface area contributed by atoms with Gasteiger partial charge in [0.2, 0.25) is 5.95 Å². The molecule has 5 rings (SSSR count). The summed E-state index contributed by atoms with van der Waals surface area (Å²) in [5.74, 6) is -0.568. The number of carboxylic acid groups (broad SMARTS) is 1. The zero-order valence-corrected chi connectivity index (χ0v) is 16.3. The van der Waals surface area contributed by atoms with Gasteiger partial charge in [0.15, 0.2) is 0 Å². The summed E-state index contributed by atoms with van der Waals surface area (Å²) in [6.07, 6.45) is 1.31. The third kappa shape index (κ3) is 3.98. The lowest BCUT2D eigenvalue weighted by Crippen LogP contribution is -2.32. The van der Waals surface area contributed by atoms with Gasteiger partial charge in [0.25, 0.3) is 0 Å². The molecule has 1 N–H and O–H groups in total. The summed E-state index contributed by atoms with van der Waals surface area (Å²) in [7, 11) is 0. The van der Waals surface area contributed by atoms with E-state index < -0.39 is 12.1 Å². The molecule has 1 aliphatic carbocycles. The van der Waals surface area contributed by atoms with Crippen LogP contribution in [0.4, 0.5) is 19.1 Å². The number of halogens is 3. The Kier molecular flexibility index (Phi) is 5.64. The van der Waals surface area contributed by atoms with Crippen LogP contribution in [0, 0.1) is 5.92 Å². The predicted octanol–water partition coefficient (Wildman–Crippen LogP) is 3.48. The van der Waals surface area contributed by atoms with Crippen molar-refractivity contribution in [2.24, 2.45) is 5.92 Å². The van der Waals surface area contributed by atoms with Gasteiger partial charge in [-0.25, -0.2) is 14.8 Å². The average molecular weight is 420 g/mol. The predicted molar refractivity (Wildman–Crippen MR) is 104 cm³/mol. The van der Waals surface area contributed by atoms with Crippen LogP contribution in [-0.2, 0) is 4.79 Å². The van der Waals surface area contributed by atoms with E-state index in [2.05, 4.69) is 44.0 Å². The van der Waals surface area contributed by atoms with Gasteiger partial charge in [-0.15, -0.1) is 0 Å². The van der Waals surface area contributed by atoms with E-state index in [1.165, 1.54) is 25.9 Å². The number of nitrogens with zero attached hydrogens (tertiary/aromatic N) is 4. The largest absolute Gasteiger partial charge is 0.490 e. The maximum Gasteiger partial charge on any atom is 0.490 e. The Morgan fingerprint density at radius 1 is 1.00 bits per heavy atom. The molecule has 2 fully saturated rings. The van der Waals surface area contributed by atoms with Crippen molar-refractivity contribution in [1.82, 2.24) is 14.9 Å². The highest BCUT2D eigenvalue weighted by molar-refractivity contribution is 5.73. The SMILES string of the molecule is O=C(O)C(F)(F)F.c1cnc(N2C[C@H]3[C@@H](C2)c2ccccc2[C@@H]3N2CCCC2)nc1. The average Bonchev–Trinajstić information content (AvgIpc) is 3.44. The normalized spacial score (nSPS) is 25.4. The van der Waals surface area contributed by atoms with Crippen molar-refractivity contribution >= 4 is 11.9 Å². The van der Waals surface area contributed by atoms with Gasteiger partial charge in [0.1, 0.15) is 0 Å². The van der Waals surface area contributed by atoms with Gasteiger partial charge in [0, 0.05) is 43.4 Å². The maximum atomic E-state index is 10.6. The Bertz CT molecular complexity index is 887. The summed E-state index contributed by atoms with van der Waals surface area (Å²) in [5, 5.41) is 7.12. The van der Waals surface area contributed by atoms with Crippen molar-refractivity contribution in [3.8, 4) is 0 Å². The molecule has 2 aliphatic heterocycles. The van der Waals surface area contributed by atoms with Crippen molar-refractivity contribution in [2.75, 3.05) is 31.1 Å². The number of hydrogen-bond acceptors (Lipinski definition) is 5. The number of carbonyl (C=O) groups is 1. The molecule has 1 aromatic carbocycles. The van der Waals surface area contributed by atoms with Gasteiger partial charge < -0.3 is 10.0 Å². The van der Waals surface area contributed by atoms with E-state index in [4.69, 9.17) is 9.90 Å². The van der Waals surface area contributed by atoms with Gasteiger partial charge in [-0.05, 0) is 43.1 Å². The number of likely N-dealkylation sites (tertiary alicyclic amines) is 1. The number of fused-ring (bicyclic) bond motifs is 3. The lowest BCUT2D eigenvalue weighted by atomic mass is 9.94. The Labute approximate surface area is 172 Å². The molecule has 6 nitrogen and oxygen atoms in total. The van der Waals surface area contributed by atoms with Crippen LogP contribution in [0.1, 0.15) is 35.9 Å². The fourth-order valence-corrected chi connectivity index (χ4v) is 4.93. The third-order valence-electron chi connectivity index (χ3n) is 6.10. The molecule has 2 aromatic rings. The van der Waals surface area contributed by atoms with E-state index in [-0.39, 0.29) is 0 Å². The number of anilines is 1. The second-order valence-corrected chi connectivity index (χ2v) is 7.84. The number of aliphatic carboxylic acids is 1. The lowest BCUT2D eigenvalue weighted by molar-refractivity contribution is -0.192. The molecule has 160 valence electrons. The van der Waals surface area contributed by atoms with Crippen LogP contribution in [0.5, 0.6) is 0 Å². The molecule has 3 atom stereocenters. The van der Waals surface area contributed by atoms with E-state index in [0.29, 0.717) is 17.9 Å². The molecule has 3 heterocycles. The number of carboxylic acids is 1. The first-order chi connectivity index (χ1) is 14.4. The maximum absolute atomic E-state index is 10.6. The zero-order chi connectivity index (χ0) is 21.3. The fourth-order valence-electron chi connectivity index (χ4n) is 4.93. The van der Waals surface area contributed by atoms with Gasteiger partial charge in [-0.2, -0.15) is 13.2 Å². The molecule has 30 heavy (non-hydrogen) atoms. The smallest absolute Gasteiger partial charge is 0.475 e. The van der Waals surface area contributed by atoms with Crippen LogP contribution < -0.4 is 4.90 Å². The van der Waals surface area contributed by atoms with E-state index in [1.54, 1.807) is 11.1 Å². The summed E-state index contributed by atoms with van der Waals surface area (Å²) in [5.41, 5.74) is 3.14. The van der Waals surface area contributed by atoms with Crippen molar-refractivity contribution in [2.45, 2.75) is 31.0 Å². The Morgan fingerprint density at radius 3 is 2.20 bits per heavy atom. The highest BCUT2D eigenvalue weighted by Crippen LogP contribution is 2.52. The Morgan fingerprint density at radius 2 is 1.60 bits per heavy atom. The molecule has 0 bridgehead atoms. The Hall–Kier alpha value is -2.68. The quantitative estimate of drug-likeness (QED) is 0.802. The summed E-state index contributed by atoms with van der Waals surface area (Å²) >= 11 is 0. The highest BCUT2D eigenvalue weighted by atomic mass is 19.4. The van der Waals surface area contributed by atoms with Crippen LogP contribution in [-0.4, -0.2) is 58.3 Å². The topological polar surface area (TPSA) is 69.6 Å².